The van der Waals surface area contributed by atoms with Gasteiger partial charge in [0.25, 0.3) is 0 Å². The van der Waals surface area contributed by atoms with Crippen molar-refractivity contribution >= 4 is 5.91 Å². The number of nitrogens with one attached hydrogen (secondary N) is 1. The van der Waals surface area contributed by atoms with Crippen molar-refractivity contribution in [2.75, 3.05) is 6.61 Å². The average Bonchev–Trinajstić information content (AvgIpc) is 2.34. The lowest BCUT2D eigenvalue weighted by molar-refractivity contribution is -0.123. The van der Waals surface area contributed by atoms with Crippen LogP contribution in [0.1, 0.15) is 19.8 Å². The molecule has 1 fully saturated rings. The van der Waals surface area contributed by atoms with E-state index < -0.39 is 0 Å². The number of aliphatic hydroxyl groups is 1. The maximum atomic E-state index is 10.5. The second-order valence-corrected chi connectivity index (χ2v) is 2.71. The van der Waals surface area contributed by atoms with Crippen LogP contribution in [0.3, 0.4) is 0 Å². The highest BCUT2D eigenvalue weighted by Crippen LogP contribution is 2.16. The zero-order valence-corrected chi connectivity index (χ0v) is 6.54. The first kappa shape index (κ1) is 8.49. The number of amides is 1. The Balaban J connectivity index is 2.24. The molecule has 0 radical (unpaired) electrons. The molecule has 2 N–H and O–H groups in total. The maximum absolute atomic E-state index is 10.5. The number of hydrogen-bond acceptors (Lipinski definition) is 3. The second-order valence-electron chi connectivity index (χ2n) is 2.71. The Kier molecular flexibility index (Phi) is 2.84. The summed E-state index contributed by atoms with van der Waals surface area (Å²) in [4.78, 5) is 10.5. The van der Waals surface area contributed by atoms with Crippen molar-refractivity contribution in [1.29, 1.82) is 0 Å². The van der Waals surface area contributed by atoms with Gasteiger partial charge in [0, 0.05) is 6.92 Å². The lowest BCUT2D eigenvalue weighted by Crippen LogP contribution is -2.33. The molecule has 1 amide bonds. The molecule has 64 valence electrons. The third kappa shape index (κ3) is 2.48. The molecule has 0 aliphatic carbocycles. The van der Waals surface area contributed by atoms with Crippen molar-refractivity contribution in [3.05, 3.63) is 0 Å². The van der Waals surface area contributed by atoms with Gasteiger partial charge in [-0.1, -0.05) is 0 Å². The summed E-state index contributed by atoms with van der Waals surface area (Å²) in [5.74, 6) is -0.0893. The van der Waals surface area contributed by atoms with E-state index >= 15 is 0 Å². The predicted octanol–water partition coefficient (Wildman–Crippen LogP) is -0.380. The van der Waals surface area contributed by atoms with E-state index in [0.29, 0.717) is 0 Å². The molecule has 1 heterocycles. The summed E-state index contributed by atoms with van der Waals surface area (Å²) < 4.78 is 5.24. The molecule has 2 atom stereocenters. The molecule has 0 bridgehead atoms. The Labute approximate surface area is 65.5 Å². The topological polar surface area (TPSA) is 58.6 Å². The summed E-state index contributed by atoms with van der Waals surface area (Å²) in [5.41, 5.74) is 0. The van der Waals surface area contributed by atoms with Crippen molar-refractivity contribution in [1.82, 2.24) is 5.32 Å². The SMILES string of the molecule is CC(=O)N[C@H]1CC[C@@H](CO)O1. The Morgan fingerprint density at radius 2 is 2.45 bits per heavy atom. The van der Waals surface area contributed by atoms with Crippen LogP contribution in [-0.4, -0.2) is 30.0 Å². The standard InChI is InChI=1S/C7H13NO3/c1-5(10)8-7-3-2-6(4-9)11-7/h6-7,9H,2-4H2,1H3,(H,8,10)/t6-,7+/m0/s1. The number of aliphatic hydroxyl groups excluding tert-OH is 1. The van der Waals surface area contributed by atoms with Crippen LogP contribution in [0.25, 0.3) is 0 Å². The van der Waals surface area contributed by atoms with Crippen molar-refractivity contribution in [3.8, 4) is 0 Å². The van der Waals surface area contributed by atoms with Gasteiger partial charge in [-0.25, -0.2) is 0 Å². The number of hydrogen-bond donors (Lipinski definition) is 2. The summed E-state index contributed by atoms with van der Waals surface area (Å²) >= 11 is 0. The molecule has 0 unspecified atom stereocenters. The van der Waals surface area contributed by atoms with Gasteiger partial charge in [0.1, 0.15) is 6.23 Å². The van der Waals surface area contributed by atoms with Crippen LogP contribution in [-0.2, 0) is 9.53 Å². The van der Waals surface area contributed by atoms with Gasteiger partial charge >= 0.3 is 0 Å². The van der Waals surface area contributed by atoms with Gasteiger partial charge in [0.15, 0.2) is 0 Å². The lowest BCUT2D eigenvalue weighted by atomic mass is 10.2. The van der Waals surface area contributed by atoms with Crippen LogP contribution in [0.15, 0.2) is 0 Å². The molecule has 1 saturated heterocycles. The van der Waals surface area contributed by atoms with E-state index in [0.717, 1.165) is 12.8 Å². The quantitative estimate of drug-likeness (QED) is 0.577. The summed E-state index contributed by atoms with van der Waals surface area (Å²) in [6.45, 7) is 1.49. The van der Waals surface area contributed by atoms with Crippen molar-refractivity contribution < 1.29 is 14.6 Å². The van der Waals surface area contributed by atoms with E-state index in [2.05, 4.69) is 5.32 Å². The molecule has 0 aromatic carbocycles. The predicted molar refractivity (Wildman–Crippen MR) is 38.8 cm³/mol. The second kappa shape index (κ2) is 3.69. The summed E-state index contributed by atoms with van der Waals surface area (Å²) in [7, 11) is 0. The Bertz CT molecular complexity index is 149. The van der Waals surface area contributed by atoms with Crippen LogP contribution in [0.2, 0.25) is 0 Å². The minimum absolute atomic E-state index is 0.0378. The molecular formula is C7H13NO3. The van der Waals surface area contributed by atoms with E-state index in [1.165, 1.54) is 6.92 Å². The largest absolute Gasteiger partial charge is 0.394 e. The smallest absolute Gasteiger partial charge is 0.218 e. The van der Waals surface area contributed by atoms with Crippen LogP contribution in [0, 0.1) is 0 Å². The summed E-state index contributed by atoms with van der Waals surface area (Å²) in [6.07, 6.45) is 1.34. The molecule has 4 heteroatoms. The fourth-order valence-corrected chi connectivity index (χ4v) is 1.17. The van der Waals surface area contributed by atoms with E-state index in [9.17, 15) is 4.79 Å². The number of rotatable bonds is 2. The molecule has 1 rings (SSSR count). The molecule has 0 aromatic heterocycles. The maximum Gasteiger partial charge on any atom is 0.218 e. The van der Waals surface area contributed by atoms with E-state index in [4.69, 9.17) is 9.84 Å². The first-order valence-electron chi connectivity index (χ1n) is 3.76. The van der Waals surface area contributed by atoms with Crippen LogP contribution in [0.4, 0.5) is 0 Å². The third-order valence-corrected chi connectivity index (χ3v) is 1.68. The van der Waals surface area contributed by atoms with Crippen LogP contribution >= 0.6 is 0 Å². The van der Waals surface area contributed by atoms with Crippen LogP contribution in [0.5, 0.6) is 0 Å². The van der Waals surface area contributed by atoms with Crippen molar-refractivity contribution in [2.24, 2.45) is 0 Å². The fraction of sp³-hybridized carbons (Fsp3) is 0.857. The Morgan fingerprint density at radius 3 is 2.91 bits per heavy atom. The third-order valence-electron chi connectivity index (χ3n) is 1.68. The first-order chi connectivity index (χ1) is 5.22. The zero-order valence-electron chi connectivity index (χ0n) is 6.54. The summed E-state index contributed by atoms with van der Waals surface area (Å²) in [6, 6.07) is 0. The minimum Gasteiger partial charge on any atom is -0.394 e. The normalized spacial score (nSPS) is 30.4. The first-order valence-corrected chi connectivity index (χ1v) is 3.76. The minimum atomic E-state index is -0.190. The molecular weight excluding hydrogens is 146 g/mol. The van der Waals surface area contributed by atoms with Gasteiger partial charge < -0.3 is 15.2 Å². The lowest BCUT2D eigenvalue weighted by Gasteiger charge is -2.11. The highest BCUT2D eigenvalue weighted by atomic mass is 16.5. The van der Waals surface area contributed by atoms with Gasteiger partial charge in [-0.05, 0) is 12.8 Å². The van der Waals surface area contributed by atoms with E-state index in [1.54, 1.807) is 0 Å². The van der Waals surface area contributed by atoms with Gasteiger partial charge in [-0.2, -0.15) is 0 Å². The molecule has 0 spiro atoms. The molecule has 11 heavy (non-hydrogen) atoms. The fourth-order valence-electron chi connectivity index (χ4n) is 1.17. The van der Waals surface area contributed by atoms with E-state index in [1.807, 2.05) is 0 Å². The molecule has 4 nitrogen and oxygen atoms in total. The Hall–Kier alpha value is -0.610. The van der Waals surface area contributed by atoms with Gasteiger partial charge in [-0.3, -0.25) is 4.79 Å². The van der Waals surface area contributed by atoms with E-state index in [-0.39, 0.29) is 24.8 Å². The van der Waals surface area contributed by atoms with Crippen molar-refractivity contribution in [2.45, 2.75) is 32.1 Å². The Morgan fingerprint density at radius 1 is 1.73 bits per heavy atom. The molecule has 1 aliphatic heterocycles. The van der Waals surface area contributed by atoms with Gasteiger partial charge in [0.05, 0.1) is 12.7 Å². The van der Waals surface area contributed by atoms with Crippen molar-refractivity contribution in [3.63, 3.8) is 0 Å². The van der Waals surface area contributed by atoms with Gasteiger partial charge in [-0.15, -0.1) is 0 Å². The molecule has 0 aromatic rings. The molecule has 1 aliphatic rings. The number of carbonyl (C=O) groups is 1. The average molecular weight is 159 g/mol. The zero-order chi connectivity index (χ0) is 8.27. The number of carbonyl (C=O) groups excluding carboxylic acids is 1. The highest BCUT2D eigenvalue weighted by molar-refractivity contribution is 5.73. The number of ether oxygens (including phenoxy) is 1. The van der Waals surface area contributed by atoms with Crippen LogP contribution < -0.4 is 5.32 Å². The summed E-state index contributed by atoms with van der Waals surface area (Å²) in [5, 5.41) is 11.3. The van der Waals surface area contributed by atoms with Gasteiger partial charge in [0.2, 0.25) is 5.91 Å². The highest BCUT2D eigenvalue weighted by Gasteiger charge is 2.24. The molecule has 0 saturated carbocycles. The monoisotopic (exact) mass is 159 g/mol.